The van der Waals surface area contributed by atoms with Crippen molar-refractivity contribution in [3.63, 3.8) is 0 Å². The van der Waals surface area contributed by atoms with Crippen LogP contribution in [0, 0.1) is 0 Å². The maximum Gasteiger partial charge on any atom is 0.261 e. The van der Waals surface area contributed by atoms with E-state index in [1.54, 1.807) is 24.3 Å². The van der Waals surface area contributed by atoms with E-state index in [-0.39, 0.29) is 25.0 Å². The number of alkyl halides is 1. The van der Waals surface area contributed by atoms with Gasteiger partial charge in [0.1, 0.15) is 0 Å². The van der Waals surface area contributed by atoms with E-state index in [4.69, 9.17) is 16.7 Å². The summed E-state index contributed by atoms with van der Waals surface area (Å²) in [5, 5.41) is 8.18. The molecule has 0 radical (unpaired) electrons. The first kappa shape index (κ1) is 11.1. The Bertz CT molecular complexity index is 412. The van der Waals surface area contributed by atoms with Crippen LogP contribution in [0.2, 0.25) is 0 Å². The molecule has 1 aliphatic rings. The van der Waals surface area contributed by atoms with E-state index >= 15 is 0 Å². The van der Waals surface area contributed by atoms with Gasteiger partial charge in [0.15, 0.2) is 0 Å². The minimum Gasteiger partial charge on any atom is -0.395 e. The zero-order valence-electron chi connectivity index (χ0n) is 8.39. The number of benzene rings is 1. The summed E-state index contributed by atoms with van der Waals surface area (Å²) in [6, 6.07) is 6.63. The fourth-order valence-corrected chi connectivity index (χ4v) is 1.80. The second kappa shape index (κ2) is 4.23. The van der Waals surface area contributed by atoms with Crippen LogP contribution in [-0.4, -0.2) is 40.3 Å². The lowest BCUT2D eigenvalue weighted by Crippen LogP contribution is -2.36. The first-order valence-electron chi connectivity index (χ1n) is 4.85. The Morgan fingerprint density at radius 3 is 2.12 bits per heavy atom. The fourth-order valence-electron chi connectivity index (χ4n) is 1.66. The van der Waals surface area contributed by atoms with Gasteiger partial charge in [-0.05, 0) is 12.1 Å². The summed E-state index contributed by atoms with van der Waals surface area (Å²) in [5.74, 6) is -0.695. The maximum atomic E-state index is 11.8. The SMILES string of the molecule is O=C1c2ccccc2C(=O)N1CC(Cl)CO. The van der Waals surface area contributed by atoms with Crippen molar-refractivity contribution in [3.05, 3.63) is 35.4 Å². The molecule has 1 aliphatic heterocycles. The van der Waals surface area contributed by atoms with Crippen LogP contribution in [0.1, 0.15) is 20.7 Å². The summed E-state index contributed by atoms with van der Waals surface area (Å²) in [6.07, 6.45) is 0. The van der Waals surface area contributed by atoms with E-state index in [2.05, 4.69) is 0 Å². The van der Waals surface area contributed by atoms with Crippen LogP contribution >= 0.6 is 11.6 Å². The third-order valence-corrected chi connectivity index (χ3v) is 2.73. The third kappa shape index (κ3) is 1.70. The van der Waals surface area contributed by atoms with E-state index in [0.717, 1.165) is 4.90 Å². The molecule has 1 N–H and O–H groups in total. The number of aliphatic hydroxyl groups is 1. The van der Waals surface area contributed by atoms with E-state index in [1.165, 1.54) is 0 Å². The number of amides is 2. The molecule has 0 aromatic heterocycles. The van der Waals surface area contributed by atoms with Gasteiger partial charge in [-0.15, -0.1) is 11.6 Å². The molecule has 16 heavy (non-hydrogen) atoms. The van der Waals surface area contributed by atoms with Crippen molar-refractivity contribution in [2.75, 3.05) is 13.2 Å². The van der Waals surface area contributed by atoms with E-state index < -0.39 is 5.38 Å². The number of carbonyl (C=O) groups is 2. The number of aliphatic hydroxyl groups excluding tert-OH is 1. The highest BCUT2D eigenvalue weighted by Crippen LogP contribution is 2.22. The summed E-state index contributed by atoms with van der Waals surface area (Å²) >= 11 is 5.72. The van der Waals surface area contributed by atoms with Crippen LogP contribution in [-0.2, 0) is 0 Å². The highest BCUT2D eigenvalue weighted by atomic mass is 35.5. The van der Waals surface area contributed by atoms with Gasteiger partial charge in [0.05, 0.1) is 23.1 Å². The smallest absolute Gasteiger partial charge is 0.261 e. The van der Waals surface area contributed by atoms with Crippen LogP contribution in [0.25, 0.3) is 0 Å². The van der Waals surface area contributed by atoms with Crippen molar-refractivity contribution >= 4 is 23.4 Å². The van der Waals surface area contributed by atoms with E-state index in [9.17, 15) is 9.59 Å². The van der Waals surface area contributed by atoms with Gasteiger partial charge in [0, 0.05) is 6.54 Å². The van der Waals surface area contributed by atoms with Gasteiger partial charge in [-0.2, -0.15) is 0 Å². The van der Waals surface area contributed by atoms with Gasteiger partial charge in [-0.25, -0.2) is 0 Å². The monoisotopic (exact) mass is 239 g/mol. The summed E-state index contributed by atoms with van der Waals surface area (Å²) < 4.78 is 0. The van der Waals surface area contributed by atoms with Crippen LogP contribution in [0.15, 0.2) is 24.3 Å². The van der Waals surface area contributed by atoms with Crippen molar-refractivity contribution in [1.29, 1.82) is 0 Å². The number of hydrogen-bond acceptors (Lipinski definition) is 3. The van der Waals surface area contributed by atoms with Crippen molar-refractivity contribution < 1.29 is 14.7 Å². The summed E-state index contributed by atoms with van der Waals surface area (Å²) in [4.78, 5) is 24.7. The molecule has 0 saturated carbocycles. The van der Waals surface area contributed by atoms with Crippen molar-refractivity contribution in [2.45, 2.75) is 5.38 Å². The summed E-state index contributed by atoms with van der Waals surface area (Å²) in [5.41, 5.74) is 0.795. The number of rotatable bonds is 3. The number of imide groups is 1. The highest BCUT2D eigenvalue weighted by molar-refractivity contribution is 6.24. The standard InChI is InChI=1S/C11H10ClNO3/c12-7(6-14)5-13-10(15)8-3-1-2-4-9(8)11(13)16/h1-4,7,14H,5-6H2. The Morgan fingerprint density at radius 2 is 1.69 bits per heavy atom. The van der Waals surface area contributed by atoms with Crippen molar-refractivity contribution in [1.82, 2.24) is 4.90 Å². The van der Waals surface area contributed by atoms with Crippen LogP contribution in [0.4, 0.5) is 0 Å². The fraction of sp³-hybridized carbons (Fsp3) is 0.273. The van der Waals surface area contributed by atoms with Crippen molar-refractivity contribution in [2.24, 2.45) is 0 Å². The molecular formula is C11H10ClNO3. The van der Waals surface area contributed by atoms with Crippen LogP contribution in [0.5, 0.6) is 0 Å². The number of hydrogen-bond donors (Lipinski definition) is 1. The highest BCUT2D eigenvalue weighted by Gasteiger charge is 2.35. The summed E-state index contributed by atoms with van der Waals surface area (Å²) in [7, 11) is 0. The lowest BCUT2D eigenvalue weighted by atomic mass is 10.1. The number of fused-ring (bicyclic) bond motifs is 1. The first-order valence-corrected chi connectivity index (χ1v) is 5.29. The molecular weight excluding hydrogens is 230 g/mol. The molecule has 1 unspecified atom stereocenters. The zero-order chi connectivity index (χ0) is 11.7. The Labute approximate surface area is 97.4 Å². The Hall–Kier alpha value is -1.39. The maximum absolute atomic E-state index is 11.8. The van der Waals surface area contributed by atoms with Gasteiger partial charge in [-0.3, -0.25) is 14.5 Å². The normalized spacial score (nSPS) is 16.5. The molecule has 1 atom stereocenters. The molecule has 2 rings (SSSR count). The molecule has 0 spiro atoms. The Kier molecular flexibility index (Phi) is 2.94. The first-order chi connectivity index (χ1) is 7.65. The molecule has 2 amide bonds. The van der Waals surface area contributed by atoms with Crippen LogP contribution < -0.4 is 0 Å². The summed E-state index contributed by atoms with van der Waals surface area (Å²) in [6.45, 7) is -0.237. The van der Waals surface area contributed by atoms with E-state index in [0.29, 0.717) is 11.1 Å². The van der Waals surface area contributed by atoms with Crippen molar-refractivity contribution in [3.8, 4) is 0 Å². The number of nitrogens with zero attached hydrogens (tertiary/aromatic N) is 1. The Morgan fingerprint density at radius 1 is 1.19 bits per heavy atom. The lowest BCUT2D eigenvalue weighted by Gasteiger charge is -2.15. The van der Waals surface area contributed by atoms with Gasteiger partial charge in [-0.1, -0.05) is 12.1 Å². The third-order valence-electron chi connectivity index (χ3n) is 2.46. The van der Waals surface area contributed by atoms with Gasteiger partial charge >= 0.3 is 0 Å². The molecule has 0 aliphatic carbocycles. The second-order valence-electron chi connectivity index (χ2n) is 3.55. The average Bonchev–Trinajstić information content (AvgIpc) is 2.55. The Balaban J connectivity index is 2.28. The molecule has 0 saturated heterocycles. The van der Waals surface area contributed by atoms with Gasteiger partial charge in [0.25, 0.3) is 11.8 Å². The predicted octanol–water partition coefficient (Wildman–Crippen LogP) is 0.882. The minimum atomic E-state index is -0.623. The molecule has 84 valence electrons. The topological polar surface area (TPSA) is 57.6 Å². The van der Waals surface area contributed by atoms with Gasteiger partial charge < -0.3 is 5.11 Å². The molecule has 5 heteroatoms. The predicted molar refractivity (Wildman–Crippen MR) is 58.5 cm³/mol. The lowest BCUT2D eigenvalue weighted by molar-refractivity contribution is 0.0647. The number of carbonyl (C=O) groups excluding carboxylic acids is 2. The molecule has 1 aromatic rings. The van der Waals surface area contributed by atoms with E-state index in [1.807, 2.05) is 0 Å². The zero-order valence-corrected chi connectivity index (χ0v) is 9.15. The molecule has 4 nitrogen and oxygen atoms in total. The van der Waals surface area contributed by atoms with Gasteiger partial charge in [0.2, 0.25) is 0 Å². The molecule has 1 heterocycles. The minimum absolute atomic E-state index is 0.0321. The molecule has 0 fully saturated rings. The second-order valence-corrected chi connectivity index (χ2v) is 4.16. The molecule has 1 aromatic carbocycles. The quantitative estimate of drug-likeness (QED) is 0.629. The number of halogens is 1. The average molecular weight is 240 g/mol. The van der Waals surface area contributed by atoms with Crippen LogP contribution in [0.3, 0.4) is 0 Å². The largest absolute Gasteiger partial charge is 0.395 e. The molecule has 0 bridgehead atoms.